The standard InChI is InChI=1S/C45H46OS2/c1-33-13-23-39(24-14-33)48(41-27-17-35(18-28-41)45(5,6)7)43-31-21-37(22-32-43)46-36-19-29-42(30-20-36)47(38-11-9-8-10-12-38)40-25-15-34(16-26-40)44(2,3)4/h8-32H,1-7H3/q+2. The van der Waals surface area contributed by atoms with Gasteiger partial charge in [0.25, 0.3) is 0 Å². The Morgan fingerprint density at radius 1 is 0.354 bits per heavy atom. The first-order valence-electron chi connectivity index (χ1n) is 16.7. The Balaban J connectivity index is 1.24. The molecule has 2 unspecified atom stereocenters. The lowest BCUT2D eigenvalue weighted by molar-refractivity contribution is 0.482. The summed E-state index contributed by atoms with van der Waals surface area (Å²) in [5.41, 5.74) is 4.22. The van der Waals surface area contributed by atoms with E-state index >= 15 is 0 Å². The molecule has 0 bridgehead atoms. The number of hydrogen-bond acceptors (Lipinski definition) is 1. The molecule has 48 heavy (non-hydrogen) atoms. The van der Waals surface area contributed by atoms with E-state index in [0.29, 0.717) is 0 Å². The summed E-state index contributed by atoms with van der Waals surface area (Å²) in [5.74, 6) is 1.67. The fourth-order valence-corrected chi connectivity index (χ4v) is 9.76. The summed E-state index contributed by atoms with van der Waals surface area (Å²) in [4.78, 5) is 7.80. The molecule has 6 aromatic carbocycles. The van der Waals surface area contributed by atoms with Gasteiger partial charge in [0, 0.05) is 0 Å². The van der Waals surface area contributed by atoms with Crippen molar-refractivity contribution in [2.75, 3.05) is 0 Å². The van der Waals surface area contributed by atoms with Gasteiger partial charge in [-0.3, -0.25) is 0 Å². The first-order valence-corrected chi connectivity index (χ1v) is 19.1. The van der Waals surface area contributed by atoms with E-state index in [-0.39, 0.29) is 32.6 Å². The Morgan fingerprint density at radius 2 is 0.646 bits per heavy atom. The monoisotopic (exact) mass is 666 g/mol. The van der Waals surface area contributed by atoms with E-state index < -0.39 is 0 Å². The van der Waals surface area contributed by atoms with Crippen LogP contribution in [-0.4, -0.2) is 0 Å². The first kappa shape index (κ1) is 33.7. The number of benzene rings is 6. The van der Waals surface area contributed by atoms with Gasteiger partial charge in [0.2, 0.25) is 0 Å². The molecule has 6 aromatic rings. The van der Waals surface area contributed by atoms with E-state index in [4.69, 9.17) is 4.74 Å². The van der Waals surface area contributed by atoms with E-state index in [0.717, 1.165) is 11.5 Å². The van der Waals surface area contributed by atoms with Gasteiger partial charge in [-0.05, 0) is 126 Å². The smallest absolute Gasteiger partial charge is 0.166 e. The average Bonchev–Trinajstić information content (AvgIpc) is 3.08. The number of ether oxygens (including phenoxy) is 1. The van der Waals surface area contributed by atoms with Gasteiger partial charge < -0.3 is 4.74 Å². The third-order valence-electron chi connectivity index (χ3n) is 8.50. The van der Waals surface area contributed by atoms with Crippen LogP contribution in [0.25, 0.3) is 0 Å². The zero-order chi connectivity index (χ0) is 33.9. The van der Waals surface area contributed by atoms with Gasteiger partial charge in [-0.2, -0.15) is 0 Å². The second kappa shape index (κ2) is 14.1. The Hall–Kier alpha value is -4.18. The van der Waals surface area contributed by atoms with Gasteiger partial charge in [0.05, 0.1) is 21.8 Å². The molecule has 0 radical (unpaired) electrons. The number of rotatable bonds is 8. The third-order valence-corrected chi connectivity index (χ3v) is 13.0. The van der Waals surface area contributed by atoms with Crippen LogP contribution in [-0.2, 0) is 32.6 Å². The minimum absolute atomic E-state index is 0.124. The Bertz CT molecular complexity index is 1910. The lowest BCUT2D eigenvalue weighted by atomic mass is 9.87. The maximum absolute atomic E-state index is 6.40. The maximum atomic E-state index is 6.40. The van der Waals surface area contributed by atoms with Crippen LogP contribution in [0.5, 0.6) is 11.5 Å². The van der Waals surface area contributed by atoms with Crippen LogP contribution in [0.15, 0.2) is 181 Å². The van der Waals surface area contributed by atoms with Gasteiger partial charge >= 0.3 is 0 Å². The number of hydrogen-bond donors (Lipinski definition) is 0. The fourth-order valence-electron chi connectivity index (χ4n) is 5.65. The van der Waals surface area contributed by atoms with E-state index in [1.54, 1.807) is 0 Å². The molecule has 0 fully saturated rings. The fraction of sp³-hybridized carbons (Fsp3) is 0.200. The largest absolute Gasteiger partial charge is 0.457 e. The molecule has 0 saturated heterocycles. The van der Waals surface area contributed by atoms with Gasteiger partial charge in [-0.25, -0.2) is 0 Å². The van der Waals surface area contributed by atoms with Crippen molar-refractivity contribution >= 4 is 21.8 Å². The van der Waals surface area contributed by atoms with Crippen molar-refractivity contribution in [1.29, 1.82) is 0 Å². The normalized spacial score (nSPS) is 13.1. The van der Waals surface area contributed by atoms with Crippen molar-refractivity contribution in [3.05, 3.63) is 168 Å². The molecule has 0 N–H and O–H groups in total. The van der Waals surface area contributed by atoms with E-state index in [9.17, 15) is 0 Å². The first-order chi connectivity index (χ1) is 23.0. The minimum Gasteiger partial charge on any atom is -0.457 e. The SMILES string of the molecule is Cc1ccc([S+](c2ccc(Oc3ccc([S+](c4ccccc4)c4ccc(C(C)(C)C)cc4)cc3)cc2)c2ccc(C(C)(C)C)cc2)cc1. The van der Waals surface area contributed by atoms with Crippen LogP contribution in [0.3, 0.4) is 0 Å². The summed E-state index contributed by atoms with van der Waals surface area (Å²) < 4.78 is 6.40. The van der Waals surface area contributed by atoms with Gasteiger partial charge in [-0.15, -0.1) is 0 Å². The van der Waals surface area contributed by atoms with Crippen molar-refractivity contribution in [3.8, 4) is 11.5 Å². The molecule has 2 atom stereocenters. The highest BCUT2D eigenvalue weighted by Gasteiger charge is 2.31. The minimum atomic E-state index is -0.219. The summed E-state index contributed by atoms with van der Waals surface area (Å²) in [6, 6.07) is 55.4. The lowest BCUT2D eigenvalue weighted by Crippen LogP contribution is -2.11. The molecule has 0 heterocycles. The van der Waals surface area contributed by atoms with Crippen molar-refractivity contribution in [2.45, 2.75) is 88.7 Å². The topological polar surface area (TPSA) is 9.23 Å². The van der Waals surface area contributed by atoms with Gasteiger partial charge in [0.1, 0.15) is 11.5 Å². The second-order valence-corrected chi connectivity index (χ2v) is 18.4. The lowest BCUT2D eigenvalue weighted by Gasteiger charge is -2.19. The second-order valence-electron chi connectivity index (χ2n) is 14.3. The van der Waals surface area contributed by atoms with Crippen LogP contribution in [0.1, 0.15) is 58.2 Å². The highest BCUT2D eigenvalue weighted by Crippen LogP contribution is 2.36. The Kier molecular flexibility index (Phi) is 9.92. The summed E-state index contributed by atoms with van der Waals surface area (Å²) in [6.07, 6.45) is 0. The molecule has 0 aliphatic carbocycles. The van der Waals surface area contributed by atoms with Gasteiger partial charge in [0.15, 0.2) is 29.4 Å². The summed E-state index contributed by atoms with van der Waals surface area (Å²) >= 11 is 0. The molecule has 0 aliphatic heterocycles. The zero-order valence-electron chi connectivity index (χ0n) is 29.2. The Morgan fingerprint density at radius 3 is 0.979 bits per heavy atom. The summed E-state index contributed by atoms with van der Waals surface area (Å²) in [7, 11) is -0.431. The third kappa shape index (κ3) is 7.92. The van der Waals surface area contributed by atoms with Crippen molar-refractivity contribution in [2.24, 2.45) is 0 Å². The average molecular weight is 667 g/mol. The highest BCUT2D eigenvalue weighted by molar-refractivity contribution is 7.97. The highest BCUT2D eigenvalue weighted by atomic mass is 32.2. The molecule has 0 amide bonds. The zero-order valence-corrected chi connectivity index (χ0v) is 30.8. The van der Waals surface area contributed by atoms with Crippen LogP contribution < -0.4 is 4.74 Å². The van der Waals surface area contributed by atoms with E-state index in [1.807, 2.05) is 0 Å². The molecule has 1 nitrogen and oxygen atoms in total. The van der Waals surface area contributed by atoms with Crippen molar-refractivity contribution in [3.63, 3.8) is 0 Å². The molecule has 6 rings (SSSR count). The van der Waals surface area contributed by atoms with E-state index in [2.05, 4.69) is 200 Å². The maximum Gasteiger partial charge on any atom is 0.166 e. The van der Waals surface area contributed by atoms with Crippen molar-refractivity contribution < 1.29 is 4.74 Å². The van der Waals surface area contributed by atoms with Crippen LogP contribution >= 0.6 is 0 Å². The molecular formula is C45H46OS2+2. The molecular weight excluding hydrogens is 621 g/mol. The molecule has 0 aliphatic rings. The summed E-state index contributed by atoms with van der Waals surface area (Å²) in [6.45, 7) is 15.7. The predicted molar refractivity (Wildman–Crippen MR) is 205 cm³/mol. The number of aryl methyl sites for hydroxylation is 1. The van der Waals surface area contributed by atoms with Gasteiger partial charge in [-0.1, -0.05) is 102 Å². The molecule has 0 aromatic heterocycles. The molecule has 0 spiro atoms. The summed E-state index contributed by atoms with van der Waals surface area (Å²) in [5, 5.41) is 0. The quantitative estimate of drug-likeness (QED) is 0.147. The van der Waals surface area contributed by atoms with Crippen LogP contribution in [0, 0.1) is 6.92 Å². The molecule has 242 valence electrons. The van der Waals surface area contributed by atoms with Crippen LogP contribution in [0.2, 0.25) is 0 Å². The molecule has 0 saturated carbocycles. The molecule has 3 heteroatoms. The van der Waals surface area contributed by atoms with E-state index in [1.165, 1.54) is 46.1 Å². The van der Waals surface area contributed by atoms with Crippen LogP contribution in [0.4, 0.5) is 0 Å². The Labute approximate surface area is 293 Å². The van der Waals surface area contributed by atoms with Crippen molar-refractivity contribution in [1.82, 2.24) is 0 Å². The predicted octanol–water partition coefficient (Wildman–Crippen LogP) is 12.6.